The van der Waals surface area contributed by atoms with Gasteiger partial charge >= 0.3 is 0 Å². The van der Waals surface area contributed by atoms with Gasteiger partial charge in [-0.2, -0.15) is 5.10 Å². The molecule has 3 aromatic rings. The third-order valence-electron chi connectivity index (χ3n) is 5.86. The van der Waals surface area contributed by atoms with Crippen LogP contribution < -0.4 is 0 Å². The van der Waals surface area contributed by atoms with Crippen LogP contribution in [0, 0.1) is 0 Å². The van der Waals surface area contributed by atoms with E-state index in [2.05, 4.69) is 74.6 Å². The molecule has 5 nitrogen and oxygen atoms in total. The minimum atomic E-state index is 0.237. The Kier molecular flexibility index (Phi) is 6.72. The average molecular weight is 391 g/mol. The molecule has 0 radical (unpaired) electrons. The summed E-state index contributed by atoms with van der Waals surface area (Å²) >= 11 is 0. The fourth-order valence-electron chi connectivity index (χ4n) is 4.26. The van der Waals surface area contributed by atoms with E-state index in [0.717, 1.165) is 51.3 Å². The number of aliphatic hydroxyl groups is 1. The Morgan fingerprint density at radius 2 is 1.76 bits per heavy atom. The molecule has 2 aromatic carbocycles. The lowest BCUT2D eigenvalue weighted by atomic mass is 10.0. The second-order valence-corrected chi connectivity index (χ2v) is 7.81. The van der Waals surface area contributed by atoms with Gasteiger partial charge in [0.05, 0.1) is 11.9 Å². The summed E-state index contributed by atoms with van der Waals surface area (Å²) in [7, 11) is 0. The van der Waals surface area contributed by atoms with Crippen molar-refractivity contribution in [3.8, 4) is 11.3 Å². The molecule has 5 heteroatoms. The van der Waals surface area contributed by atoms with Gasteiger partial charge in [0.15, 0.2) is 0 Å². The van der Waals surface area contributed by atoms with Gasteiger partial charge in [0, 0.05) is 50.9 Å². The number of nitrogens with zero attached hydrogens (tertiary/aromatic N) is 3. The van der Waals surface area contributed by atoms with Crippen molar-refractivity contribution in [3.05, 3.63) is 78.0 Å². The van der Waals surface area contributed by atoms with Crippen LogP contribution in [0.3, 0.4) is 0 Å². The molecule has 2 N–H and O–H groups in total. The molecule has 0 spiro atoms. The maximum Gasteiger partial charge on any atom is 0.0695 e. The van der Waals surface area contributed by atoms with Gasteiger partial charge in [-0.25, -0.2) is 0 Å². The monoisotopic (exact) mass is 390 g/mol. The van der Waals surface area contributed by atoms with Crippen molar-refractivity contribution in [3.63, 3.8) is 0 Å². The van der Waals surface area contributed by atoms with Crippen LogP contribution >= 0.6 is 0 Å². The first-order chi connectivity index (χ1) is 14.3. The van der Waals surface area contributed by atoms with Crippen molar-refractivity contribution in [1.82, 2.24) is 20.0 Å². The molecule has 1 aliphatic rings. The molecule has 2 heterocycles. The zero-order chi connectivity index (χ0) is 19.9. The highest BCUT2D eigenvalue weighted by atomic mass is 16.3. The number of nitrogens with one attached hydrogen (secondary N) is 1. The number of aromatic amines is 1. The van der Waals surface area contributed by atoms with Crippen LogP contribution in [0.1, 0.15) is 17.5 Å². The fraction of sp³-hybridized carbons (Fsp3) is 0.375. The predicted octanol–water partition coefficient (Wildman–Crippen LogP) is 3.19. The van der Waals surface area contributed by atoms with Gasteiger partial charge < -0.3 is 5.11 Å². The molecule has 1 atom stereocenters. The minimum absolute atomic E-state index is 0.237. The first kappa shape index (κ1) is 19.8. The standard InChI is InChI=1S/C24H30N4O/c29-16-12-23-19-27(14-15-28(23)13-11-20-7-3-1-4-8-20)18-22-17-25-26-24(22)21-9-5-2-6-10-21/h1-10,17,23,29H,11-16,18-19H2,(H,25,26)/t23-/m1/s1. The first-order valence-electron chi connectivity index (χ1n) is 10.5. The highest BCUT2D eigenvalue weighted by Crippen LogP contribution is 2.23. The molecule has 0 unspecified atom stereocenters. The Hall–Kier alpha value is -2.47. The zero-order valence-electron chi connectivity index (χ0n) is 16.9. The van der Waals surface area contributed by atoms with Crippen LogP contribution in [0.5, 0.6) is 0 Å². The van der Waals surface area contributed by atoms with Crippen LogP contribution in [-0.4, -0.2) is 63.9 Å². The normalized spacial score (nSPS) is 18.2. The second-order valence-electron chi connectivity index (χ2n) is 7.81. The predicted molar refractivity (Wildman–Crippen MR) is 117 cm³/mol. The van der Waals surface area contributed by atoms with Crippen LogP contribution in [0.25, 0.3) is 11.3 Å². The van der Waals surface area contributed by atoms with Crippen LogP contribution in [-0.2, 0) is 13.0 Å². The number of hydrogen-bond acceptors (Lipinski definition) is 4. The number of aliphatic hydroxyl groups excluding tert-OH is 1. The summed E-state index contributed by atoms with van der Waals surface area (Å²) in [5, 5.41) is 17.1. The fourth-order valence-corrected chi connectivity index (χ4v) is 4.26. The summed E-state index contributed by atoms with van der Waals surface area (Å²) in [6.07, 6.45) is 3.83. The number of rotatable bonds is 8. The van der Waals surface area contributed by atoms with E-state index in [-0.39, 0.29) is 6.61 Å². The van der Waals surface area contributed by atoms with E-state index in [0.29, 0.717) is 6.04 Å². The Bertz CT molecular complexity index is 865. The number of H-pyrrole nitrogens is 1. The lowest BCUT2D eigenvalue weighted by molar-refractivity contribution is 0.0563. The van der Waals surface area contributed by atoms with Gasteiger partial charge in [-0.05, 0) is 24.0 Å². The highest BCUT2D eigenvalue weighted by molar-refractivity contribution is 5.62. The highest BCUT2D eigenvalue weighted by Gasteiger charge is 2.27. The summed E-state index contributed by atoms with van der Waals surface area (Å²) in [6, 6.07) is 21.4. The summed E-state index contributed by atoms with van der Waals surface area (Å²) < 4.78 is 0. The van der Waals surface area contributed by atoms with E-state index in [1.54, 1.807) is 0 Å². The van der Waals surface area contributed by atoms with E-state index >= 15 is 0 Å². The summed E-state index contributed by atoms with van der Waals surface area (Å²) in [5.74, 6) is 0. The maximum atomic E-state index is 9.60. The quantitative estimate of drug-likeness (QED) is 0.620. The first-order valence-corrected chi connectivity index (χ1v) is 10.5. The lowest BCUT2D eigenvalue weighted by Gasteiger charge is -2.41. The molecule has 4 rings (SSSR count). The largest absolute Gasteiger partial charge is 0.396 e. The molecule has 1 aliphatic heterocycles. The minimum Gasteiger partial charge on any atom is -0.396 e. The van der Waals surface area contributed by atoms with Crippen LogP contribution in [0.2, 0.25) is 0 Å². The van der Waals surface area contributed by atoms with Crippen molar-refractivity contribution < 1.29 is 5.11 Å². The smallest absolute Gasteiger partial charge is 0.0695 e. The van der Waals surface area contributed by atoms with Gasteiger partial charge in [0.25, 0.3) is 0 Å². The molecule has 1 saturated heterocycles. The van der Waals surface area contributed by atoms with Gasteiger partial charge in [0.1, 0.15) is 0 Å². The molecule has 0 aliphatic carbocycles. The Labute approximate surface area is 173 Å². The van der Waals surface area contributed by atoms with Crippen molar-refractivity contribution in [1.29, 1.82) is 0 Å². The third kappa shape index (κ3) is 5.12. The van der Waals surface area contributed by atoms with Gasteiger partial charge in [-0.1, -0.05) is 60.7 Å². The van der Waals surface area contributed by atoms with Crippen LogP contribution in [0.15, 0.2) is 66.9 Å². The topological polar surface area (TPSA) is 55.4 Å². The van der Waals surface area contributed by atoms with E-state index < -0.39 is 0 Å². The molecule has 0 amide bonds. The van der Waals surface area contributed by atoms with Crippen molar-refractivity contribution in [2.45, 2.75) is 25.4 Å². The van der Waals surface area contributed by atoms with Gasteiger partial charge in [0.2, 0.25) is 0 Å². The molecular weight excluding hydrogens is 360 g/mol. The summed E-state index contributed by atoms with van der Waals surface area (Å²) in [6.45, 7) is 5.22. The number of benzene rings is 2. The third-order valence-corrected chi connectivity index (χ3v) is 5.86. The Morgan fingerprint density at radius 1 is 1.00 bits per heavy atom. The Morgan fingerprint density at radius 3 is 2.52 bits per heavy atom. The van der Waals surface area contributed by atoms with E-state index in [1.807, 2.05) is 12.3 Å². The summed E-state index contributed by atoms with van der Waals surface area (Å²) in [5.41, 5.74) is 4.89. The molecule has 0 saturated carbocycles. The van der Waals surface area contributed by atoms with E-state index in [9.17, 15) is 5.11 Å². The second kappa shape index (κ2) is 9.83. The Balaban J connectivity index is 1.38. The zero-order valence-corrected chi connectivity index (χ0v) is 16.9. The van der Waals surface area contributed by atoms with Gasteiger partial charge in [-0.15, -0.1) is 0 Å². The molecule has 152 valence electrons. The molecule has 0 bridgehead atoms. The number of piperazine rings is 1. The van der Waals surface area contributed by atoms with E-state index in [1.165, 1.54) is 16.7 Å². The number of hydrogen-bond donors (Lipinski definition) is 2. The lowest BCUT2D eigenvalue weighted by Crippen LogP contribution is -2.53. The van der Waals surface area contributed by atoms with E-state index in [4.69, 9.17) is 0 Å². The van der Waals surface area contributed by atoms with Crippen LogP contribution in [0.4, 0.5) is 0 Å². The van der Waals surface area contributed by atoms with Gasteiger partial charge in [-0.3, -0.25) is 14.9 Å². The number of aromatic nitrogens is 2. The molecule has 29 heavy (non-hydrogen) atoms. The molecule has 1 fully saturated rings. The summed E-state index contributed by atoms with van der Waals surface area (Å²) in [4.78, 5) is 5.05. The van der Waals surface area contributed by atoms with Crippen molar-refractivity contribution >= 4 is 0 Å². The maximum absolute atomic E-state index is 9.60. The van der Waals surface area contributed by atoms with Crippen molar-refractivity contribution in [2.75, 3.05) is 32.8 Å². The van der Waals surface area contributed by atoms with Crippen molar-refractivity contribution in [2.24, 2.45) is 0 Å². The molecular formula is C24H30N4O. The SMILES string of the molecule is OCC[C@@H]1CN(Cc2cn[nH]c2-c2ccccc2)CCN1CCc1ccccc1. The average Bonchev–Trinajstić information content (AvgIpc) is 3.23. The molecule has 1 aromatic heterocycles.